The van der Waals surface area contributed by atoms with Crippen LogP contribution >= 0.6 is 23.2 Å². The van der Waals surface area contributed by atoms with Crippen molar-refractivity contribution in [2.45, 2.75) is 0 Å². The Hall–Kier alpha value is -1.98. The third-order valence-corrected chi connectivity index (χ3v) is 3.60. The third kappa shape index (κ3) is 2.64. The Morgan fingerprint density at radius 1 is 1.25 bits per heavy atom. The van der Waals surface area contributed by atoms with Gasteiger partial charge in [0.15, 0.2) is 0 Å². The number of hydrogen-bond donors (Lipinski definition) is 2. The zero-order valence-electron chi connectivity index (χ0n) is 10.4. The Balaban J connectivity index is 2.33. The molecule has 0 aliphatic heterocycles. The molecule has 2 rings (SSSR count). The summed E-state index contributed by atoms with van der Waals surface area (Å²) in [5.74, 6) is -1.61. The lowest BCUT2D eigenvalue weighted by molar-refractivity contribution is 0.0698. The Bertz CT molecular complexity index is 695. The molecular weight excluding hydrogens is 303 g/mol. The fourth-order valence-electron chi connectivity index (χ4n) is 1.73. The van der Waals surface area contributed by atoms with Gasteiger partial charge in [-0.1, -0.05) is 35.3 Å². The van der Waals surface area contributed by atoms with Gasteiger partial charge in [0.25, 0.3) is 5.91 Å². The molecule has 1 heterocycles. The summed E-state index contributed by atoms with van der Waals surface area (Å²) in [6, 6.07) is 7.54. The molecule has 104 valence electrons. The molecule has 0 bridgehead atoms. The van der Waals surface area contributed by atoms with Crippen molar-refractivity contribution in [1.29, 1.82) is 0 Å². The maximum atomic E-state index is 12.1. The van der Waals surface area contributed by atoms with Gasteiger partial charge < -0.3 is 15.0 Å². The summed E-state index contributed by atoms with van der Waals surface area (Å²) in [4.78, 5) is 23.2. The minimum atomic E-state index is -1.12. The van der Waals surface area contributed by atoms with Gasteiger partial charge in [-0.3, -0.25) is 4.79 Å². The van der Waals surface area contributed by atoms with E-state index in [-0.39, 0.29) is 27.1 Å². The monoisotopic (exact) mass is 312 g/mol. The number of halogens is 2. The van der Waals surface area contributed by atoms with Crippen molar-refractivity contribution < 1.29 is 14.7 Å². The van der Waals surface area contributed by atoms with Crippen molar-refractivity contribution in [2.75, 3.05) is 5.32 Å². The van der Waals surface area contributed by atoms with Crippen molar-refractivity contribution in [3.8, 4) is 0 Å². The molecule has 1 aromatic carbocycles. The number of aromatic nitrogens is 1. The SMILES string of the molecule is Cn1c(C(=O)Nc2ccccc2C(=O)O)cc(Cl)c1Cl. The maximum Gasteiger partial charge on any atom is 0.337 e. The number of rotatable bonds is 3. The van der Waals surface area contributed by atoms with Gasteiger partial charge in [-0.05, 0) is 18.2 Å². The van der Waals surface area contributed by atoms with Crippen LogP contribution in [0.4, 0.5) is 5.69 Å². The molecule has 2 aromatic rings. The normalized spacial score (nSPS) is 10.3. The third-order valence-electron chi connectivity index (χ3n) is 2.75. The van der Waals surface area contributed by atoms with Gasteiger partial charge >= 0.3 is 5.97 Å². The van der Waals surface area contributed by atoms with E-state index in [1.54, 1.807) is 19.2 Å². The van der Waals surface area contributed by atoms with E-state index in [0.717, 1.165) is 0 Å². The zero-order chi connectivity index (χ0) is 14.9. The van der Waals surface area contributed by atoms with E-state index in [2.05, 4.69) is 5.32 Å². The van der Waals surface area contributed by atoms with Crippen LogP contribution < -0.4 is 5.32 Å². The van der Waals surface area contributed by atoms with E-state index >= 15 is 0 Å². The van der Waals surface area contributed by atoms with Crippen LogP contribution in [0.15, 0.2) is 30.3 Å². The number of carboxylic acid groups (broad SMARTS) is 1. The quantitative estimate of drug-likeness (QED) is 0.913. The molecule has 2 N–H and O–H groups in total. The summed E-state index contributed by atoms with van der Waals surface area (Å²) in [6.07, 6.45) is 0. The Kier molecular flexibility index (Phi) is 4.01. The smallest absolute Gasteiger partial charge is 0.337 e. The topological polar surface area (TPSA) is 71.3 Å². The minimum absolute atomic E-state index is 0.00672. The second kappa shape index (κ2) is 5.56. The van der Waals surface area contributed by atoms with Crippen molar-refractivity contribution in [2.24, 2.45) is 7.05 Å². The second-order valence-corrected chi connectivity index (χ2v) is 4.80. The lowest BCUT2D eigenvalue weighted by Gasteiger charge is -2.09. The van der Waals surface area contributed by atoms with Gasteiger partial charge in [-0.15, -0.1) is 0 Å². The van der Waals surface area contributed by atoms with E-state index in [0.29, 0.717) is 0 Å². The van der Waals surface area contributed by atoms with E-state index < -0.39 is 11.9 Å². The van der Waals surface area contributed by atoms with Gasteiger partial charge in [0.1, 0.15) is 10.8 Å². The molecule has 0 fully saturated rings. The van der Waals surface area contributed by atoms with Crippen LogP contribution in [-0.2, 0) is 7.05 Å². The summed E-state index contributed by atoms with van der Waals surface area (Å²) >= 11 is 11.7. The van der Waals surface area contributed by atoms with Gasteiger partial charge in [0.2, 0.25) is 0 Å². The number of carbonyl (C=O) groups is 2. The van der Waals surface area contributed by atoms with Crippen LogP contribution in [0.1, 0.15) is 20.8 Å². The van der Waals surface area contributed by atoms with Crippen LogP contribution in [0.3, 0.4) is 0 Å². The highest BCUT2D eigenvalue weighted by Gasteiger charge is 2.18. The van der Waals surface area contributed by atoms with Gasteiger partial charge in [-0.25, -0.2) is 4.79 Å². The van der Waals surface area contributed by atoms with E-state index in [1.807, 2.05) is 0 Å². The predicted molar refractivity (Wildman–Crippen MR) is 76.8 cm³/mol. The summed E-state index contributed by atoms with van der Waals surface area (Å²) in [7, 11) is 1.59. The second-order valence-electron chi connectivity index (χ2n) is 4.03. The summed E-state index contributed by atoms with van der Waals surface area (Å²) in [5, 5.41) is 12.1. The number of benzene rings is 1. The number of nitrogens with zero attached hydrogens (tertiary/aromatic N) is 1. The molecular formula is C13H10Cl2N2O3. The molecule has 0 radical (unpaired) electrons. The standard InChI is InChI=1S/C13H10Cl2N2O3/c1-17-10(6-8(14)11(17)15)12(18)16-9-5-3-2-4-7(9)13(19)20/h2-6H,1H3,(H,16,18)(H,19,20). The molecule has 0 aliphatic carbocycles. The van der Waals surface area contributed by atoms with E-state index in [4.69, 9.17) is 28.3 Å². The van der Waals surface area contributed by atoms with Gasteiger partial charge in [0.05, 0.1) is 16.3 Å². The van der Waals surface area contributed by atoms with Crippen molar-refractivity contribution in [3.05, 3.63) is 51.8 Å². The van der Waals surface area contributed by atoms with E-state index in [1.165, 1.54) is 22.8 Å². The number of hydrogen-bond acceptors (Lipinski definition) is 2. The highest BCUT2D eigenvalue weighted by atomic mass is 35.5. The van der Waals surface area contributed by atoms with Crippen LogP contribution in [0.2, 0.25) is 10.2 Å². The molecule has 20 heavy (non-hydrogen) atoms. The molecule has 7 heteroatoms. The summed E-state index contributed by atoms with van der Waals surface area (Å²) < 4.78 is 1.42. The fourth-order valence-corrected chi connectivity index (χ4v) is 2.10. The minimum Gasteiger partial charge on any atom is -0.478 e. The molecule has 0 unspecified atom stereocenters. The zero-order valence-corrected chi connectivity index (χ0v) is 11.9. The number of aromatic carboxylic acids is 1. The molecule has 0 spiro atoms. The summed E-state index contributed by atoms with van der Waals surface area (Å²) in [5.41, 5.74) is 0.450. The van der Waals surface area contributed by atoms with Crippen LogP contribution in [0.25, 0.3) is 0 Å². The lowest BCUT2D eigenvalue weighted by atomic mass is 10.2. The largest absolute Gasteiger partial charge is 0.478 e. The molecule has 0 saturated carbocycles. The van der Waals surface area contributed by atoms with Crippen molar-refractivity contribution >= 4 is 40.8 Å². The number of carbonyl (C=O) groups excluding carboxylic acids is 1. The average molecular weight is 313 g/mol. The Labute approximate surface area is 124 Å². The molecule has 1 amide bonds. The number of anilines is 1. The molecule has 0 saturated heterocycles. The molecule has 5 nitrogen and oxygen atoms in total. The highest BCUT2D eigenvalue weighted by Crippen LogP contribution is 2.26. The lowest BCUT2D eigenvalue weighted by Crippen LogP contribution is -2.17. The molecule has 0 aliphatic rings. The van der Waals surface area contributed by atoms with Gasteiger partial charge in [-0.2, -0.15) is 0 Å². The first-order chi connectivity index (χ1) is 9.41. The van der Waals surface area contributed by atoms with Crippen molar-refractivity contribution in [1.82, 2.24) is 4.57 Å². The Morgan fingerprint density at radius 2 is 1.90 bits per heavy atom. The number of carboxylic acids is 1. The fraction of sp³-hybridized carbons (Fsp3) is 0.0769. The van der Waals surface area contributed by atoms with Crippen LogP contribution in [0.5, 0.6) is 0 Å². The van der Waals surface area contributed by atoms with Crippen molar-refractivity contribution in [3.63, 3.8) is 0 Å². The predicted octanol–water partition coefficient (Wildman–Crippen LogP) is 3.28. The summed E-state index contributed by atoms with van der Waals surface area (Å²) in [6.45, 7) is 0. The van der Waals surface area contributed by atoms with Gasteiger partial charge in [0, 0.05) is 7.05 Å². The average Bonchev–Trinajstić information content (AvgIpc) is 2.67. The highest BCUT2D eigenvalue weighted by molar-refractivity contribution is 6.42. The Morgan fingerprint density at radius 3 is 2.45 bits per heavy atom. The van der Waals surface area contributed by atoms with E-state index in [9.17, 15) is 9.59 Å². The number of para-hydroxylation sites is 1. The first kappa shape index (κ1) is 14.4. The number of nitrogens with one attached hydrogen (secondary N) is 1. The number of amides is 1. The molecule has 1 aromatic heterocycles. The maximum absolute atomic E-state index is 12.1. The molecule has 0 atom stereocenters. The van der Waals surface area contributed by atoms with Crippen LogP contribution in [-0.4, -0.2) is 21.6 Å². The first-order valence-electron chi connectivity index (χ1n) is 5.56. The first-order valence-corrected chi connectivity index (χ1v) is 6.31. The van der Waals surface area contributed by atoms with Crippen LogP contribution in [0, 0.1) is 0 Å².